The standard InChI is InChI=1S/C15H17Cl2N3O2/c1-9(2)5-6-18-14(21)15-20-19-13(22-15)7-10-3-4-11(16)8-12(10)17/h3-4,8-9H,5-7H2,1-2H3,(H,18,21). The lowest BCUT2D eigenvalue weighted by Gasteiger charge is -2.04. The number of hydrogen-bond donors (Lipinski definition) is 1. The second-order valence-corrected chi connectivity index (χ2v) is 6.20. The van der Waals surface area contributed by atoms with Crippen molar-refractivity contribution in [2.24, 2.45) is 5.92 Å². The molecule has 22 heavy (non-hydrogen) atoms. The van der Waals surface area contributed by atoms with Crippen LogP contribution in [0.25, 0.3) is 0 Å². The van der Waals surface area contributed by atoms with E-state index in [1.807, 2.05) is 0 Å². The van der Waals surface area contributed by atoms with Crippen LogP contribution < -0.4 is 5.32 Å². The van der Waals surface area contributed by atoms with Crippen LogP contribution in [0.15, 0.2) is 22.6 Å². The van der Waals surface area contributed by atoms with E-state index in [0.717, 1.165) is 12.0 Å². The number of halogens is 2. The van der Waals surface area contributed by atoms with Crippen molar-refractivity contribution >= 4 is 29.1 Å². The molecule has 5 nitrogen and oxygen atoms in total. The second-order valence-electron chi connectivity index (χ2n) is 5.35. The van der Waals surface area contributed by atoms with Crippen LogP contribution in [-0.4, -0.2) is 22.6 Å². The van der Waals surface area contributed by atoms with Gasteiger partial charge in [0.25, 0.3) is 0 Å². The first-order chi connectivity index (χ1) is 10.5. The highest BCUT2D eigenvalue weighted by atomic mass is 35.5. The Hall–Kier alpha value is -1.59. The van der Waals surface area contributed by atoms with E-state index >= 15 is 0 Å². The summed E-state index contributed by atoms with van der Waals surface area (Å²) in [5.41, 5.74) is 0.807. The fraction of sp³-hybridized carbons (Fsp3) is 0.400. The van der Waals surface area contributed by atoms with Crippen LogP contribution in [0.5, 0.6) is 0 Å². The smallest absolute Gasteiger partial charge is 0.308 e. The molecule has 0 spiro atoms. The highest BCUT2D eigenvalue weighted by Crippen LogP contribution is 2.23. The SMILES string of the molecule is CC(C)CCNC(=O)c1nnc(Cc2ccc(Cl)cc2Cl)o1. The Kier molecular flexibility index (Phi) is 5.80. The predicted molar refractivity (Wildman–Crippen MR) is 85.4 cm³/mol. The third kappa shape index (κ3) is 4.71. The van der Waals surface area contributed by atoms with Crippen LogP contribution in [0.2, 0.25) is 10.0 Å². The van der Waals surface area contributed by atoms with Gasteiger partial charge in [-0.2, -0.15) is 0 Å². The first kappa shape index (κ1) is 16.8. The Morgan fingerprint density at radius 2 is 2.09 bits per heavy atom. The minimum Gasteiger partial charge on any atom is -0.417 e. The Bertz CT molecular complexity index is 656. The number of amides is 1. The van der Waals surface area contributed by atoms with Gasteiger partial charge in [-0.3, -0.25) is 4.79 Å². The van der Waals surface area contributed by atoms with Gasteiger partial charge < -0.3 is 9.73 Å². The zero-order valence-electron chi connectivity index (χ0n) is 12.4. The molecule has 118 valence electrons. The number of rotatable bonds is 6. The highest BCUT2D eigenvalue weighted by Gasteiger charge is 2.15. The van der Waals surface area contributed by atoms with E-state index in [1.165, 1.54) is 0 Å². The maximum atomic E-state index is 11.9. The second kappa shape index (κ2) is 7.61. The number of carbonyl (C=O) groups is 1. The zero-order valence-corrected chi connectivity index (χ0v) is 13.9. The van der Waals surface area contributed by atoms with Gasteiger partial charge in [-0.25, -0.2) is 0 Å². The Morgan fingerprint density at radius 3 is 2.77 bits per heavy atom. The molecule has 0 radical (unpaired) electrons. The summed E-state index contributed by atoms with van der Waals surface area (Å²) in [6, 6.07) is 5.17. The van der Waals surface area contributed by atoms with Crippen LogP contribution in [0.1, 0.15) is 42.4 Å². The van der Waals surface area contributed by atoms with Crippen molar-refractivity contribution in [1.82, 2.24) is 15.5 Å². The number of benzene rings is 1. The van der Waals surface area contributed by atoms with Gasteiger partial charge in [-0.05, 0) is 30.0 Å². The quantitative estimate of drug-likeness (QED) is 0.868. The molecule has 2 rings (SSSR count). The fourth-order valence-corrected chi connectivity index (χ4v) is 2.27. The lowest BCUT2D eigenvalue weighted by atomic mass is 10.1. The molecule has 0 saturated carbocycles. The maximum absolute atomic E-state index is 11.9. The van der Waals surface area contributed by atoms with Crippen molar-refractivity contribution in [3.05, 3.63) is 45.6 Å². The maximum Gasteiger partial charge on any atom is 0.308 e. The molecule has 1 aromatic carbocycles. The molecule has 0 fully saturated rings. The largest absolute Gasteiger partial charge is 0.417 e. The lowest BCUT2D eigenvalue weighted by Crippen LogP contribution is -2.25. The molecule has 1 aromatic heterocycles. The summed E-state index contributed by atoms with van der Waals surface area (Å²) in [6.07, 6.45) is 1.25. The van der Waals surface area contributed by atoms with E-state index in [1.54, 1.807) is 18.2 Å². The van der Waals surface area contributed by atoms with Crippen molar-refractivity contribution in [3.8, 4) is 0 Å². The molecular weight excluding hydrogens is 325 g/mol. The van der Waals surface area contributed by atoms with Gasteiger partial charge in [-0.15, -0.1) is 10.2 Å². The summed E-state index contributed by atoms with van der Waals surface area (Å²) in [5, 5.41) is 11.5. The van der Waals surface area contributed by atoms with E-state index in [9.17, 15) is 4.79 Å². The normalized spacial score (nSPS) is 11.0. The number of aromatic nitrogens is 2. The summed E-state index contributed by atoms with van der Waals surface area (Å²) >= 11 is 11.9. The first-order valence-electron chi connectivity index (χ1n) is 7.00. The van der Waals surface area contributed by atoms with Crippen LogP contribution >= 0.6 is 23.2 Å². The van der Waals surface area contributed by atoms with Crippen LogP contribution in [0.4, 0.5) is 0 Å². The molecule has 0 bridgehead atoms. The van der Waals surface area contributed by atoms with E-state index < -0.39 is 0 Å². The molecule has 1 heterocycles. The predicted octanol–water partition coefficient (Wildman–Crippen LogP) is 3.74. The van der Waals surface area contributed by atoms with Gasteiger partial charge >= 0.3 is 11.8 Å². The van der Waals surface area contributed by atoms with E-state index in [4.69, 9.17) is 27.6 Å². The van der Waals surface area contributed by atoms with Crippen molar-refractivity contribution in [3.63, 3.8) is 0 Å². The Labute approximate surface area is 139 Å². The third-order valence-electron chi connectivity index (χ3n) is 3.03. The number of nitrogens with one attached hydrogen (secondary N) is 1. The molecule has 0 saturated heterocycles. The molecule has 0 atom stereocenters. The third-order valence-corrected chi connectivity index (χ3v) is 3.61. The van der Waals surface area contributed by atoms with Gasteiger partial charge in [0.1, 0.15) is 0 Å². The van der Waals surface area contributed by atoms with Gasteiger partial charge in [0.15, 0.2) is 0 Å². The Morgan fingerprint density at radius 1 is 1.32 bits per heavy atom. The van der Waals surface area contributed by atoms with E-state index in [2.05, 4.69) is 29.4 Å². The van der Waals surface area contributed by atoms with Crippen molar-refractivity contribution in [1.29, 1.82) is 0 Å². The number of carbonyl (C=O) groups excluding carboxylic acids is 1. The Balaban J connectivity index is 1.97. The topological polar surface area (TPSA) is 68.0 Å². The van der Waals surface area contributed by atoms with Gasteiger partial charge in [-0.1, -0.05) is 43.1 Å². The zero-order chi connectivity index (χ0) is 16.1. The van der Waals surface area contributed by atoms with Crippen LogP contribution in [-0.2, 0) is 6.42 Å². The van der Waals surface area contributed by atoms with Gasteiger partial charge in [0.2, 0.25) is 5.89 Å². The van der Waals surface area contributed by atoms with E-state index in [0.29, 0.717) is 34.8 Å². The molecule has 7 heteroatoms. The summed E-state index contributed by atoms with van der Waals surface area (Å²) < 4.78 is 5.37. The van der Waals surface area contributed by atoms with Crippen molar-refractivity contribution < 1.29 is 9.21 Å². The molecule has 0 unspecified atom stereocenters. The average molecular weight is 342 g/mol. The average Bonchev–Trinajstić information content (AvgIpc) is 2.90. The summed E-state index contributed by atoms with van der Waals surface area (Å²) in [5.74, 6) is 0.453. The fourth-order valence-electron chi connectivity index (χ4n) is 1.79. The molecule has 2 aromatic rings. The van der Waals surface area contributed by atoms with Gasteiger partial charge in [0, 0.05) is 16.6 Å². The van der Waals surface area contributed by atoms with Crippen LogP contribution in [0.3, 0.4) is 0 Å². The minimum atomic E-state index is -0.360. The highest BCUT2D eigenvalue weighted by molar-refractivity contribution is 6.35. The molecule has 0 aliphatic rings. The van der Waals surface area contributed by atoms with E-state index in [-0.39, 0.29) is 11.8 Å². The molecule has 0 aliphatic carbocycles. The molecule has 0 aliphatic heterocycles. The van der Waals surface area contributed by atoms with Crippen molar-refractivity contribution in [2.45, 2.75) is 26.7 Å². The number of nitrogens with zero attached hydrogens (tertiary/aromatic N) is 2. The number of hydrogen-bond acceptors (Lipinski definition) is 4. The first-order valence-corrected chi connectivity index (χ1v) is 7.76. The lowest BCUT2D eigenvalue weighted by molar-refractivity contribution is 0.0915. The summed E-state index contributed by atoms with van der Waals surface area (Å²) in [4.78, 5) is 11.9. The molecular formula is C15H17Cl2N3O2. The summed E-state index contributed by atoms with van der Waals surface area (Å²) in [7, 11) is 0. The summed E-state index contributed by atoms with van der Waals surface area (Å²) in [6.45, 7) is 4.76. The van der Waals surface area contributed by atoms with Gasteiger partial charge in [0.05, 0.1) is 6.42 Å². The van der Waals surface area contributed by atoms with Crippen molar-refractivity contribution in [2.75, 3.05) is 6.54 Å². The molecule has 1 amide bonds. The monoisotopic (exact) mass is 341 g/mol. The van der Waals surface area contributed by atoms with Crippen LogP contribution in [0, 0.1) is 5.92 Å². The molecule has 1 N–H and O–H groups in total. The minimum absolute atomic E-state index is 0.0381.